The smallest absolute Gasteiger partial charge is 0.319 e. The Labute approximate surface area is 125 Å². The molecule has 0 amide bonds. The zero-order valence-corrected chi connectivity index (χ0v) is 12.9. The van der Waals surface area contributed by atoms with Gasteiger partial charge in [0.25, 0.3) is 0 Å². The molecule has 1 fully saturated rings. The van der Waals surface area contributed by atoms with Crippen LogP contribution in [0.1, 0.15) is 20.3 Å². The molecule has 1 aliphatic heterocycles. The third-order valence-electron chi connectivity index (χ3n) is 3.15. The molecule has 0 saturated carbocycles. The van der Waals surface area contributed by atoms with Crippen molar-refractivity contribution in [3.63, 3.8) is 0 Å². The number of esters is 1. The summed E-state index contributed by atoms with van der Waals surface area (Å²) in [4.78, 5) is 12.8. The quantitative estimate of drug-likeness (QED) is 0.813. The van der Waals surface area contributed by atoms with Crippen molar-refractivity contribution in [2.75, 3.05) is 0 Å². The fraction of sp³-hybridized carbons (Fsp3) is 0.462. The van der Waals surface area contributed by atoms with Crippen LogP contribution in [0.3, 0.4) is 0 Å². The first kappa shape index (κ1) is 13.6. The van der Waals surface area contributed by atoms with Crippen molar-refractivity contribution >= 4 is 29.1 Å². The standard InChI is InChI=1S/C13H15N3O2S2/c1-3-16-11(9-5-4-6-19-9)14-15-13(16)20-10-7-8(2)18-12(10)17/h4-6,8,10H,3,7H2,1-2H3. The highest BCUT2D eigenvalue weighted by Gasteiger charge is 2.34. The van der Waals surface area contributed by atoms with Crippen LogP contribution >= 0.6 is 23.1 Å². The van der Waals surface area contributed by atoms with Crippen molar-refractivity contribution in [1.82, 2.24) is 14.8 Å². The van der Waals surface area contributed by atoms with Crippen molar-refractivity contribution in [2.45, 2.75) is 43.3 Å². The van der Waals surface area contributed by atoms with Crippen LogP contribution < -0.4 is 0 Å². The van der Waals surface area contributed by atoms with Crippen molar-refractivity contribution in [3.05, 3.63) is 17.5 Å². The van der Waals surface area contributed by atoms with E-state index >= 15 is 0 Å². The van der Waals surface area contributed by atoms with Crippen LogP contribution in [-0.2, 0) is 16.1 Å². The monoisotopic (exact) mass is 309 g/mol. The molecule has 2 aromatic heterocycles. The van der Waals surface area contributed by atoms with Gasteiger partial charge in [-0.1, -0.05) is 17.8 Å². The number of hydrogen-bond acceptors (Lipinski definition) is 6. The first-order valence-corrected chi connectivity index (χ1v) is 8.29. The number of rotatable bonds is 4. The van der Waals surface area contributed by atoms with E-state index in [-0.39, 0.29) is 17.3 Å². The van der Waals surface area contributed by atoms with Gasteiger partial charge in [-0.15, -0.1) is 21.5 Å². The number of hydrogen-bond donors (Lipinski definition) is 0. The van der Waals surface area contributed by atoms with Crippen molar-refractivity contribution in [2.24, 2.45) is 0 Å². The van der Waals surface area contributed by atoms with Crippen LogP contribution in [0.5, 0.6) is 0 Å². The fourth-order valence-corrected chi connectivity index (χ4v) is 4.11. The maximum atomic E-state index is 11.7. The summed E-state index contributed by atoms with van der Waals surface area (Å²) in [5.74, 6) is 0.718. The van der Waals surface area contributed by atoms with E-state index in [1.165, 1.54) is 11.8 Å². The van der Waals surface area contributed by atoms with Gasteiger partial charge in [0.05, 0.1) is 4.88 Å². The molecule has 0 aliphatic carbocycles. The number of carbonyl (C=O) groups excluding carboxylic acids is 1. The third kappa shape index (κ3) is 2.47. The summed E-state index contributed by atoms with van der Waals surface area (Å²) in [5, 5.41) is 11.1. The number of carbonyl (C=O) groups is 1. The lowest BCUT2D eigenvalue weighted by molar-refractivity contribution is -0.140. The Morgan fingerprint density at radius 2 is 2.40 bits per heavy atom. The lowest BCUT2D eigenvalue weighted by atomic mass is 10.3. The molecule has 0 spiro atoms. The van der Waals surface area contributed by atoms with Gasteiger partial charge in [-0.25, -0.2) is 0 Å². The van der Waals surface area contributed by atoms with E-state index in [0.717, 1.165) is 28.8 Å². The summed E-state index contributed by atoms with van der Waals surface area (Å²) in [7, 11) is 0. The highest BCUT2D eigenvalue weighted by molar-refractivity contribution is 8.00. The van der Waals surface area contributed by atoms with Gasteiger partial charge in [-0.3, -0.25) is 4.79 Å². The molecular formula is C13H15N3O2S2. The number of aromatic nitrogens is 3. The highest BCUT2D eigenvalue weighted by Crippen LogP contribution is 2.33. The van der Waals surface area contributed by atoms with E-state index in [4.69, 9.17) is 4.74 Å². The Morgan fingerprint density at radius 1 is 1.55 bits per heavy atom. The van der Waals surface area contributed by atoms with Gasteiger partial charge >= 0.3 is 5.97 Å². The van der Waals surface area contributed by atoms with E-state index in [1.54, 1.807) is 11.3 Å². The topological polar surface area (TPSA) is 57.0 Å². The van der Waals surface area contributed by atoms with Gasteiger partial charge in [0.1, 0.15) is 11.4 Å². The lowest BCUT2D eigenvalue weighted by Crippen LogP contribution is -2.11. The predicted octanol–water partition coefficient (Wildman–Crippen LogP) is 2.82. The summed E-state index contributed by atoms with van der Waals surface area (Å²) < 4.78 is 7.23. The minimum Gasteiger partial charge on any atom is -0.462 e. The first-order valence-electron chi connectivity index (χ1n) is 6.53. The Kier molecular flexibility index (Phi) is 3.80. The molecule has 2 aromatic rings. The minimum atomic E-state index is -0.171. The summed E-state index contributed by atoms with van der Waals surface area (Å²) in [6.45, 7) is 4.75. The Morgan fingerprint density at radius 3 is 3.00 bits per heavy atom. The van der Waals surface area contributed by atoms with Gasteiger partial charge in [0, 0.05) is 13.0 Å². The summed E-state index contributed by atoms with van der Waals surface area (Å²) in [5.41, 5.74) is 0. The van der Waals surface area contributed by atoms with Gasteiger partial charge in [-0.05, 0) is 25.3 Å². The molecule has 7 heteroatoms. The molecule has 3 rings (SSSR count). The largest absolute Gasteiger partial charge is 0.462 e. The van der Waals surface area contributed by atoms with E-state index < -0.39 is 0 Å². The zero-order valence-electron chi connectivity index (χ0n) is 11.3. The maximum absolute atomic E-state index is 11.7. The molecule has 0 radical (unpaired) electrons. The molecule has 2 atom stereocenters. The van der Waals surface area contributed by atoms with Crippen molar-refractivity contribution < 1.29 is 9.53 Å². The molecule has 0 N–H and O–H groups in total. The molecule has 20 heavy (non-hydrogen) atoms. The highest BCUT2D eigenvalue weighted by atomic mass is 32.2. The van der Waals surface area contributed by atoms with Crippen LogP contribution in [0.2, 0.25) is 0 Å². The maximum Gasteiger partial charge on any atom is 0.319 e. The molecule has 106 valence electrons. The first-order chi connectivity index (χ1) is 9.69. The molecule has 1 saturated heterocycles. The van der Waals surface area contributed by atoms with Crippen molar-refractivity contribution in [3.8, 4) is 10.7 Å². The third-order valence-corrected chi connectivity index (χ3v) is 5.20. The zero-order chi connectivity index (χ0) is 14.1. The Bertz CT molecular complexity index is 609. The van der Waals surface area contributed by atoms with E-state index in [0.29, 0.717) is 0 Å². The van der Waals surface area contributed by atoms with Crippen LogP contribution in [-0.4, -0.2) is 32.1 Å². The minimum absolute atomic E-state index is 0.00485. The van der Waals surface area contributed by atoms with E-state index in [2.05, 4.69) is 17.1 Å². The predicted molar refractivity (Wildman–Crippen MR) is 78.8 cm³/mol. The second-order valence-corrected chi connectivity index (χ2v) is 6.74. The van der Waals surface area contributed by atoms with Crippen LogP contribution in [0.4, 0.5) is 0 Å². The number of nitrogens with zero attached hydrogens (tertiary/aromatic N) is 3. The van der Waals surface area contributed by atoms with Gasteiger partial charge in [0.15, 0.2) is 11.0 Å². The average Bonchev–Trinajstić information content (AvgIpc) is 3.11. The van der Waals surface area contributed by atoms with Gasteiger partial charge in [0.2, 0.25) is 0 Å². The van der Waals surface area contributed by atoms with E-state index in [1.807, 2.05) is 29.0 Å². The SMILES string of the molecule is CCn1c(SC2CC(C)OC2=O)nnc1-c1cccs1. The second-order valence-electron chi connectivity index (χ2n) is 4.62. The lowest BCUT2D eigenvalue weighted by Gasteiger charge is -2.07. The van der Waals surface area contributed by atoms with E-state index in [9.17, 15) is 4.79 Å². The Balaban J connectivity index is 1.86. The molecule has 5 nitrogen and oxygen atoms in total. The number of cyclic esters (lactones) is 1. The second kappa shape index (κ2) is 5.57. The molecule has 3 heterocycles. The summed E-state index contributed by atoms with van der Waals surface area (Å²) in [6.07, 6.45) is 0.726. The van der Waals surface area contributed by atoms with Crippen molar-refractivity contribution in [1.29, 1.82) is 0 Å². The summed E-state index contributed by atoms with van der Waals surface area (Å²) in [6, 6.07) is 4.03. The normalized spacial score (nSPS) is 22.2. The Hall–Kier alpha value is -1.34. The summed E-state index contributed by atoms with van der Waals surface area (Å²) >= 11 is 3.09. The number of thiophene rings is 1. The molecule has 2 unspecified atom stereocenters. The molecule has 0 bridgehead atoms. The number of ether oxygens (including phenoxy) is 1. The number of thioether (sulfide) groups is 1. The molecular weight excluding hydrogens is 294 g/mol. The van der Waals surface area contributed by atoms with Gasteiger partial charge < -0.3 is 9.30 Å². The van der Waals surface area contributed by atoms with Crippen LogP contribution in [0.15, 0.2) is 22.7 Å². The van der Waals surface area contributed by atoms with Crippen LogP contribution in [0.25, 0.3) is 10.7 Å². The van der Waals surface area contributed by atoms with Crippen LogP contribution in [0, 0.1) is 0 Å². The fourth-order valence-electron chi connectivity index (χ4n) is 2.19. The van der Waals surface area contributed by atoms with Gasteiger partial charge in [-0.2, -0.15) is 0 Å². The molecule has 0 aromatic carbocycles. The molecule has 1 aliphatic rings. The average molecular weight is 309 g/mol.